The van der Waals surface area contributed by atoms with E-state index in [2.05, 4.69) is 32.9 Å². The average Bonchev–Trinajstić information content (AvgIpc) is 2.88. The van der Waals surface area contributed by atoms with Gasteiger partial charge in [0, 0.05) is 17.2 Å². The summed E-state index contributed by atoms with van der Waals surface area (Å²) in [6.07, 6.45) is 7.25. The number of phenolic OH excluding ortho intramolecular Hbond substituents is 1. The molecule has 0 radical (unpaired) electrons. The summed E-state index contributed by atoms with van der Waals surface area (Å²) in [7, 11) is 0. The van der Waals surface area contributed by atoms with Gasteiger partial charge in [-0.1, -0.05) is 93.1 Å². The molecule has 1 heterocycles. The van der Waals surface area contributed by atoms with Gasteiger partial charge in [-0.2, -0.15) is 0 Å². The first-order valence-corrected chi connectivity index (χ1v) is 12.9. The van der Waals surface area contributed by atoms with Crippen LogP contribution >= 0.6 is 0 Å². The molecule has 0 aliphatic heterocycles. The molecule has 0 saturated carbocycles. The molecular formula is C31H35N3O2. The molecule has 1 N–H and O–H groups in total. The van der Waals surface area contributed by atoms with Crippen LogP contribution in [0.1, 0.15) is 56.6 Å². The molecule has 0 bridgehead atoms. The second-order valence-corrected chi connectivity index (χ2v) is 9.29. The van der Waals surface area contributed by atoms with Crippen molar-refractivity contribution in [3.05, 3.63) is 77.9 Å². The fourth-order valence-electron chi connectivity index (χ4n) is 4.26. The lowest BCUT2D eigenvalue weighted by Crippen LogP contribution is -2.02. The molecule has 0 atom stereocenters. The monoisotopic (exact) mass is 481 g/mol. The maximum atomic E-state index is 10.9. The smallest absolute Gasteiger partial charge is 0.167 e. The highest BCUT2D eigenvalue weighted by molar-refractivity contribution is 5.71. The van der Waals surface area contributed by atoms with Gasteiger partial charge in [0.25, 0.3) is 0 Å². The second kappa shape index (κ2) is 12.3. The van der Waals surface area contributed by atoms with E-state index in [-0.39, 0.29) is 5.75 Å². The molecule has 5 heteroatoms. The molecule has 186 valence electrons. The number of nitrogens with zero attached hydrogens (tertiary/aromatic N) is 3. The minimum absolute atomic E-state index is 0.0900. The van der Waals surface area contributed by atoms with Crippen LogP contribution < -0.4 is 4.74 Å². The lowest BCUT2D eigenvalue weighted by atomic mass is 10.0. The van der Waals surface area contributed by atoms with E-state index in [0.717, 1.165) is 23.1 Å². The Morgan fingerprint density at radius 1 is 0.694 bits per heavy atom. The summed E-state index contributed by atoms with van der Waals surface area (Å²) in [4.78, 5) is 14.3. The maximum absolute atomic E-state index is 10.9. The summed E-state index contributed by atoms with van der Waals surface area (Å²) in [5.74, 6) is 2.32. The molecule has 4 rings (SSSR count). The van der Waals surface area contributed by atoms with Crippen LogP contribution in [-0.4, -0.2) is 26.7 Å². The molecule has 0 spiro atoms. The van der Waals surface area contributed by atoms with Crippen LogP contribution in [0.15, 0.2) is 66.7 Å². The summed E-state index contributed by atoms with van der Waals surface area (Å²) in [6, 6.07) is 21.4. The van der Waals surface area contributed by atoms with Crippen molar-refractivity contribution in [1.29, 1.82) is 0 Å². The molecule has 0 fully saturated rings. The first-order chi connectivity index (χ1) is 17.5. The molecule has 0 aliphatic carbocycles. The number of unbranched alkanes of at least 4 members (excludes halogenated alkanes) is 5. The Hall–Kier alpha value is -3.73. The Morgan fingerprint density at radius 2 is 1.36 bits per heavy atom. The predicted octanol–water partition coefficient (Wildman–Crippen LogP) is 7.93. The van der Waals surface area contributed by atoms with Crippen molar-refractivity contribution in [3.63, 3.8) is 0 Å². The fraction of sp³-hybridized carbons (Fsp3) is 0.323. The molecule has 5 nitrogen and oxygen atoms in total. The van der Waals surface area contributed by atoms with E-state index in [1.54, 1.807) is 6.07 Å². The molecule has 36 heavy (non-hydrogen) atoms. The van der Waals surface area contributed by atoms with Crippen molar-refractivity contribution < 1.29 is 9.84 Å². The van der Waals surface area contributed by atoms with Gasteiger partial charge < -0.3 is 9.84 Å². The molecule has 0 aliphatic rings. The van der Waals surface area contributed by atoms with Gasteiger partial charge in [-0.3, -0.25) is 0 Å². The number of rotatable bonds is 11. The normalized spacial score (nSPS) is 11.0. The number of phenols is 1. The summed E-state index contributed by atoms with van der Waals surface area (Å²) in [5, 5.41) is 10.9. The largest absolute Gasteiger partial charge is 0.507 e. The zero-order chi connectivity index (χ0) is 25.3. The van der Waals surface area contributed by atoms with E-state index >= 15 is 0 Å². The Morgan fingerprint density at radius 3 is 2.08 bits per heavy atom. The van der Waals surface area contributed by atoms with Crippen molar-refractivity contribution in [2.75, 3.05) is 6.61 Å². The molecule has 0 unspecified atom stereocenters. The van der Waals surface area contributed by atoms with Crippen LogP contribution in [0, 0.1) is 13.8 Å². The second-order valence-electron chi connectivity index (χ2n) is 9.29. The Labute approximate surface area is 214 Å². The lowest BCUT2D eigenvalue weighted by molar-refractivity contribution is 0.303. The van der Waals surface area contributed by atoms with Crippen LogP contribution in [0.5, 0.6) is 11.5 Å². The van der Waals surface area contributed by atoms with Gasteiger partial charge in [0.05, 0.1) is 12.2 Å². The SMILES string of the molecule is CCCCCCCCOc1ccc(-c2nc(-c3ccccc3)nc(-c3ccc(C)cc3C)n2)c(O)c1. The van der Waals surface area contributed by atoms with Crippen LogP contribution in [0.4, 0.5) is 0 Å². The summed E-state index contributed by atoms with van der Waals surface area (Å²) >= 11 is 0. The van der Waals surface area contributed by atoms with Crippen LogP contribution in [0.25, 0.3) is 34.2 Å². The van der Waals surface area contributed by atoms with E-state index < -0.39 is 0 Å². The third-order valence-corrected chi connectivity index (χ3v) is 6.27. The quantitative estimate of drug-likeness (QED) is 0.220. The topological polar surface area (TPSA) is 68.1 Å². The highest BCUT2D eigenvalue weighted by atomic mass is 16.5. The van der Waals surface area contributed by atoms with E-state index in [1.807, 2.05) is 48.5 Å². The van der Waals surface area contributed by atoms with Crippen molar-refractivity contribution in [2.24, 2.45) is 0 Å². The third kappa shape index (κ3) is 6.48. The lowest BCUT2D eigenvalue weighted by Gasteiger charge is -2.12. The van der Waals surface area contributed by atoms with Crippen LogP contribution in [0.3, 0.4) is 0 Å². The van der Waals surface area contributed by atoms with Crippen molar-refractivity contribution >= 4 is 0 Å². The molecule has 1 aromatic heterocycles. The zero-order valence-electron chi connectivity index (χ0n) is 21.5. The highest BCUT2D eigenvalue weighted by Gasteiger charge is 2.16. The number of aromatic nitrogens is 3. The number of hydrogen-bond acceptors (Lipinski definition) is 5. The van der Waals surface area contributed by atoms with Crippen molar-refractivity contribution in [3.8, 4) is 45.7 Å². The maximum Gasteiger partial charge on any atom is 0.167 e. The summed E-state index contributed by atoms with van der Waals surface area (Å²) in [5.41, 5.74) is 4.66. The van der Waals surface area contributed by atoms with Gasteiger partial charge in [-0.05, 0) is 38.0 Å². The standard InChI is InChI=1S/C31H35N3O2/c1-4-5-6-7-8-12-19-36-25-16-18-27(28(35)21-25)31-33-29(24-13-10-9-11-14-24)32-30(34-31)26-17-15-22(2)20-23(26)3/h9-11,13-18,20-21,35H,4-8,12,19H2,1-3H3. The van der Waals surface area contributed by atoms with Gasteiger partial charge in [0.2, 0.25) is 0 Å². The van der Waals surface area contributed by atoms with Gasteiger partial charge >= 0.3 is 0 Å². The molecule has 0 saturated heterocycles. The van der Waals surface area contributed by atoms with E-state index in [0.29, 0.717) is 35.4 Å². The number of ether oxygens (including phenoxy) is 1. The van der Waals surface area contributed by atoms with Crippen LogP contribution in [-0.2, 0) is 0 Å². The molecule has 3 aromatic carbocycles. The van der Waals surface area contributed by atoms with E-state index in [1.165, 1.54) is 37.7 Å². The number of aryl methyl sites for hydroxylation is 2. The Kier molecular flexibility index (Phi) is 8.66. The zero-order valence-corrected chi connectivity index (χ0v) is 21.5. The minimum atomic E-state index is 0.0900. The predicted molar refractivity (Wildman–Crippen MR) is 146 cm³/mol. The van der Waals surface area contributed by atoms with Gasteiger partial charge in [-0.25, -0.2) is 15.0 Å². The molecule has 4 aromatic rings. The highest BCUT2D eigenvalue weighted by Crippen LogP contribution is 2.33. The Balaban J connectivity index is 1.60. The Bertz CT molecular complexity index is 1290. The average molecular weight is 482 g/mol. The molecule has 0 amide bonds. The number of benzene rings is 3. The minimum Gasteiger partial charge on any atom is -0.507 e. The number of hydrogen-bond donors (Lipinski definition) is 1. The van der Waals surface area contributed by atoms with E-state index in [4.69, 9.17) is 19.7 Å². The summed E-state index contributed by atoms with van der Waals surface area (Å²) < 4.78 is 5.88. The van der Waals surface area contributed by atoms with Crippen molar-refractivity contribution in [1.82, 2.24) is 15.0 Å². The van der Waals surface area contributed by atoms with Crippen LogP contribution in [0.2, 0.25) is 0 Å². The van der Waals surface area contributed by atoms with Gasteiger partial charge in [0.1, 0.15) is 11.5 Å². The fourth-order valence-corrected chi connectivity index (χ4v) is 4.26. The van der Waals surface area contributed by atoms with E-state index in [9.17, 15) is 5.11 Å². The van der Waals surface area contributed by atoms with Gasteiger partial charge in [-0.15, -0.1) is 0 Å². The molecular weight excluding hydrogens is 446 g/mol. The first kappa shape index (κ1) is 25.4. The van der Waals surface area contributed by atoms with Crippen molar-refractivity contribution in [2.45, 2.75) is 59.3 Å². The third-order valence-electron chi connectivity index (χ3n) is 6.27. The first-order valence-electron chi connectivity index (χ1n) is 12.9. The number of aromatic hydroxyl groups is 1. The summed E-state index contributed by atoms with van der Waals surface area (Å²) in [6.45, 7) is 7.00. The van der Waals surface area contributed by atoms with Gasteiger partial charge in [0.15, 0.2) is 17.5 Å².